The van der Waals surface area contributed by atoms with Gasteiger partial charge in [0, 0.05) is 11.5 Å². The fraction of sp³-hybridized carbons (Fsp3) is 0.385. The van der Waals surface area contributed by atoms with Crippen LogP contribution < -0.4 is 5.73 Å². The van der Waals surface area contributed by atoms with Crippen molar-refractivity contribution >= 4 is 11.0 Å². The molecule has 2 N–H and O–H groups in total. The zero-order valence-corrected chi connectivity index (χ0v) is 9.53. The van der Waals surface area contributed by atoms with Gasteiger partial charge in [0.15, 0.2) is 0 Å². The number of hydrogen-bond acceptors (Lipinski definition) is 2. The highest BCUT2D eigenvalue weighted by Gasteiger charge is 2.17. The molecule has 3 heteroatoms. The average Bonchev–Trinajstić information content (AvgIpc) is 2.69. The molecule has 2 atom stereocenters. The van der Waals surface area contributed by atoms with Gasteiger partial charge in [-0.1, -0.05) is 20.3 Å². The van der Waals surface area contributed by atoms with E-state index in [4.69, 9.17) is 10.2 Å². The molecule has 0 aliphatic rings. The average molecular weight is 221 g/mol. The van der Waals surface area contributed by atoms with E-state index in [1.165, 1.54) is 12.1 Å². The summed E-state index contributed by atoms with van der Waals surface area (Å²) in [4.78, 5) is 0. The highest BCUT2D eigenvalue weighted by atomic mass is 19.1. The standard InChI is InChI=1S/C13H16FNO/c1-3-8(2)13(15)12-6-9-4-5-10(14)7-11(9)16-12/h4-8,13H,3,15H2,1-2H3. The lowest BCUT2D eigenvalue weighted by Gasteiger charge is -2.15. The largest absolute Gasteiger partial charge is 0.459 e. The highest BCUT2D eigenvalue weighted by Crippen LogP contribution is 2.28. The molecule has 0 fully saturated rings. The minimum atomic E-state index is -0.287. The second-order valence-corrected chi connectivity index (χ2v) is 4.24. The molecule has 0 saturated heterocycles. The van der Waals surface area contributed by atoms with Crippen LogP contribution in [0.2, 0.25) is 0 Å². The molecule has 0 radical (unpaired) electrons. The zero-order valence-electron chi connectivity index (χ0n) is 9.53. The second-order valence-electron chi connectivity index (χ2n) is 4.24. The molecule has 86 valence electrons. The summed E-state index contributed by atoms with van der Waals surface area (Å²) >= 11 is 0. The maximum Gasteiger partial charge on any atom is 0.137 e. The van der Waals surface area contributed by atoms with E-state index in [1.54, 1.807) is 6.07 Å². The predicted octanol–water partition coefficient (Wildman–Crippen LogP) is 3.62. The summed E-state index contributed by atoms with van der Waals surface area (Å²) in [5, 5.41) is 0.898. The number of nitrogens with two attached hydrogens (primary N) is 1. The summed E-state index contributed by atoms with van der Waals surface area (Å²) in [7, 11) is 0. The van der Waals surface area contributed by atoms with Crippen LogP contribution in [0.4, 0.5) is 4.39 Å². The number of halogens is 1. The summed E-state index contributed by atoms with van der Waals surface area (Å²) in [6.07, 6.45) is 0.993. The van der Waals surface area contributed by atoms with Crippen molar-refractivity contribution < 1.29 is 8.81 Å². The van der Waals surface area contributed by atoms with Crippen LogP contribution in [0.3, 0.4) is 0 Å². The van der Waals surface area contributed by atoms with Crippen molar-refractivity contribution in [1.82, 2.24) is 0 Å². The van der Waals surface area contributed by atoms with E-state index in [1.807, 2.05) is 6.07 Å². The molecular weight excluding hydrogens is 205 g/mol. The van der Waals surface area contributed by atoms with Crippen molar-refractivity contribution in [3.05, 3.63) is 35.8 Å². The van der Waals surface area contributed by atoms with Crippen LogP contribution in [-0.2, 0) is 0 Å². The Labute approximate surface area is 94.2 Å². The lowest BCUT2D eigenvalue weighted by molar-refractivity contribution is 0.388. The van der Waals surface area contributed by atoms with Crippen LogP contribution in [0.5, 0.6) is 0 Å². The van der Waals surface area contributed by atoms with Crippen LogP contribution in [0, 0.1) is 11.7 Å². The molecule has 2 aromatic rings. The van der Waals surface area contributed by atoms with Gasteiger partial charge in [-0.3, -0.25) is 0 Å². The molecule has 0 aliphatic carbocycles. The maximum atomic E-state index is 13.0. The molecule has 2 unspecified atom stereocenters. The zero-order chi connectivity index (χ0) is 11.7. The molecule has 1 aromatic heterocycles. The maximum absolute atomic E-state index is 13.0. The van der Waals surface area contributed by atoms with E-state index in [9.17, 15) is 4.39 Å². The molecule has 0 amide bonds. The molecule has 2 nitrogen and oxygen atoms in total. The fourth-order valence-corrected chi connectivity index (χ4v) is 1.72. The van der Waals surface area contributed by atoms with E-state index in [-0.39, 0.29) is 11.9 Å². The molecule has 0 spiro atoms. The third kappa shape index (κ3) is 1.95. The monoisotopic (exact) mass is 221 g/mol. The summed E-state index contributed by atoms with van der Waals surface area (Å²) in [5.74, 6) is 0.797. The third-order valence-corrected chi connectivity index (χ3v) is 3.09. The first-order valence-electron chi connectivity index (χ1n) is 5.56. The summed E-state index contributed by atoms with van der Waals surface area (Å²) in [6.45, 7) is 4.17. The van der Waals surface area contributed by atoms with Crippen LogP contribution >= 0.6 is 0 Å². The lowest BCUT2D eigenvalue weighted by atomic mass is 9.98. The minimum absolute atomic E-state index is 0.125. The Balaban J connectivity index is 2.39. The number of rotatable bonds is 3. The van der Waals surface area contributed by atoms with Gasteiger partial charge in [0.1, 0.15) is 17.2 Å². The first kappa shape index (κ1) is 11.1. The first-order chi connectivity index (χ1) is 7.61. The van der Waals surface area contributed by atoms with Gasteiger partial charge in [-0.15, -0.1) is 0 Å². The van der Waals surface area contributed by atoms with Crippen LogP contribution in [0.25, 0.3) is 11.0 Å². The van der Waals surface area contributed by atoms with Gasteiger partial charge in [0.2, 0.25) is 0 Å². The van der Waals surface area contributed by atoms with Gasteiger partial charge in [-0.2, -0.15) is 0 Å². The topological polar surface area (TPSA) is 39.2 Å². The molecular formula is C13H16FNO. The Morgan fingerprint density at radius 2 is 2.12 bits per heavy atom. The van der Waals surface area contributed by atoms with E-state index in [2.05, 4.69) is 13.8 Å². The van der Waals surface area contributed by atoms with Gasteiger partial charge in [-0.25, -0.2) is 4.39 Å². The van der Waals surface area contributed by atoms with E-state index < -0.39 is 0 Å². The summed E-state index contributed by atoms with van der Waals surface area (Å²) in [6, 6.07) is 6.30. The number of benzene rings is 1. The van der Waals surface area contributed by atoms with Gasteiger partial charge in [0.05, 0.1) is 6.04 Å². The number of fused-ring (bicyclic) bond motifs is 1. The van der Waals surface area contributed by atoms with E-state index in [0.717, 1.165) is 17.6 Å². The van der Waals surface area contributed by atoms with E-state index in [0.29, 0.717) is 11.5 Å². The fourth-order valence-electron chi connectivity index (χ4n) is 1.72. The van der Waals surface area contributed by atoms with Crippen LogP contribution in [0.1, 0.15) is 32.1 Å². The van der Waals surface area contributed by atoms with Crippen molar-refractivity contribution in [2.75, 3.05) is 0 Å². The van der Waals surface area contributed by atoms with Crippen molar-refractivity contribution in [3.63, 3.8) is 0 Å². The van der Waals surface area contributed by atoms with Gasteiger partial charge in [0.25, 0.3) is 0 Å². The molecule has 2 rings (SSSR count). The first-order valence-corrected chi connectivity index (χ1v) is 5.56. The third-order valence-electron chi connectivity index (χ3n) is 3.09. The van der Waals surface area contributed by atoms with Crippen LogP contribution in [0.15, 0.2) is 28.7 Å². The number of furan rings is 1. The Morgan fingerprint density at radius 1 is 1.38 bits per heavy atom. The van der Waals surface area contributed by atoms with Gasteiger partial charge in [-0.05, 0) is 24.1 Å². The second kappa shape index (κ2) is 4.26. The summed E-state index contributed by atoms with van der Waals surface area (Å²) in [5.41, 5.74) is 6.63. The predicted molar refractivity (Wildman–Crippen MR) is 62.6 cm³/mol. The smallest absolute Gasteiger partial charge is 0.137 e. The van der Waals surface area contributed by atoms with E-state index >= 15 is 0 Å². The molecule has 16 heavy (non-hydrogen) atoms. The van der Waals surface area contributed by atoms with Gasteiger partial charge >= 0.3 is 0 Å². The van der Waals surface area contributed by atoms with Crippen molar-refractivity contribution in [2.24, 2.45) is 11.7 Å². The van der Waals surface area contributed by atoms with Gasteiger partial charge < -0.3 is 10.2 Å². The molecule has 0 bridgehead atoms. The molecule has 0 aliphatic heterocycles. The quantitative estimate of drug-likeness (QED) is 0.859. The number of hydrogen-bond donors (Lipinski definition) is 1. The molecule has 1 aromatic carbocycles. The van der Waals surface area contributed by atoms with Crippen molar-refractivity contribution in [3.8, 4) is 0 Å². The van der Waals surface area contributed by atoms with Crippen LogP contribution in [-0.4, -0.2) is 0 Å². The normalized spacial score (nSPS) is 15.2. The Bertz CT molecular complexity index is 492. The van der Waals surface area contributed by atoms with Crippen molar-refractivity contribution in [2.45, 2.75) is 26.3 Å². The minimum Gasteiger partial charge on any atom is -0.459 e. The Kier molecular flexibility index (Phi) is 2.97. The summed E-state index contributed by atoms with van der Waals surface area (Å²) < 4.78 is 18.5. The Hall–Kier alpha value is -1.35. The Morgan fingerprint density at radius 3 is 2.81 bits per heavy atom. The highest BCUT2D eigenvalue weighted by molar-refractivity contribution is 5.77. The molecule has 1 heterocycles. The lowest BCUT2D eigenvalue weighted by Crippen LogP contribution is -2.17. The van der Waals surface area contributed by atoms with Crippen molar-refractivity contribution in [1.29, 1.82) is 0 Å². The SMILES string of the molecule is CCC(C)C(N)c1cc2ccc(F)cc2o1. The molecule has 0 saturated carbocycles.